The molecule has 9 N–H and O–H groups in total. The van der Waals surface area contributed by atoms with Crippen molar-refractivity contribution < 1.29 is 86.1 Å². The minimum atomic E-state index is -2.50. The maximum atomic E-state index is 14.9. The SMILES string of the molecule is CO[C@H]1C[C@@H]2CC[C@@H](C)[C@@](O)(O2)C(=O)C(=O)N2CCCC[C@H]2C(=O)O[C@H]([C@H](N)C[C@@H]2CC[C@H](n3nncc3-c3cccc(-c4cnc(N5CCN(C(=O)CCc6cn(CCOCCOCCOCCC(=O)NCCCCn7nc(-c8ccc9oc(N)nc9c8)c8c(N)ncnc87)nn6)CC5)nc4)c3)[C@H](OC)C2)CC(=O)[C@H](C)/C=C(\C)[C@@H](O)[C@@H](OC)C(=O)[C@H](C)C[C@H](C)/C=C/C=CC=C1C. The summed E-state index contributed by atoms with van der Waals surface area (Å²) in [5.74, 6) is -7.77. The molecule has 5 aliphatic rings. The standard InChI is InChI=1S/C96H130N20O18/c1-59-18-11-10-12-19-60(2)79(126-7)52-71-27-23-64(6)96(125,134-71)89(122)92(123)114-33-15-13-22-75(114)93(124)132-80(53-77(117)61(3)47-63(5)87(121)88(128-9)86(120)62(4)46-59)72(97)48-65-24-28-74(81(49-65)127-8)116-76(56-105-109-116)67-21-17-20-66(50-67)69-54-101-95(102-55-69)112-37-35-111(36-38-112)83(119)30-26-70-57-113(110-107-70)39-41-130-43-45-131-44-42-129-40-31-82(118)100-32-14-16-34-115-91-84(90(98)103-58-104-91)85(108-115)68-25-29-78-73(51-68)106-94(99)133-78/h10-12,17-21,25,29,47,50-51,54-59,61-62,64-65,71-72,74-75,79-81,87-88,121,125H,13-16,22-24,26-28,30-46,48-49,52-53,97H2,1-9H3,(H2,99,106)(H,100,118)(H2,98,103,104)/b12-10?,18-11+,60-19?,63-47+/t59-,61-,62-,64-,65+,71+,72-,74+,75+,79+,80+,81-,87-,88+,96-/m1/s1. The lowest BCUT2D eigenvalue weighted by molar-refractivity contribution is -0.265. The Morgan fingerprint density at radius 3 is 2.28 bits per heavy atom. The second kappa shape index (κ2) is 47.7. The molecule has 1 aliphatic carbocycles. The smallest absolute Gasteiger partial charge is 0.329 e. The van der Waals surface area contributed by atoms with Gasteiger partial charge in [-0.25, -0.2) is 38.8 Å². The van der Waals surface area contributed by atoms with E-state index in [1.54, 1.807) is 82.0 Å². The van der Waals surface area contributed by atoms with Crippen molar-refractivity contribution in [3.8, 4) is 33.6 Å². The largest absolute Gasteiger partial charge is 0.459 e. The number of nitrogens with two attached hydrogens (primary N) is 3. The van der Waals surface area contributed by atoms with E-state index in [1.165, 1.54) is 13.4 Å². The quantitative estimate of drug-likeness (QED) is 0.0103. The second-order valence-electron chi connectivity index (χ2n) is 35.9. The summed E-state index contributed by atoms with van der Waals surface area (Å²) < 4.78 is 58.4. The third-order valence-electron chi connectivity index (χ3n) is 26.4. The van der Waals surface area contributed by atoms with Gasteiger partial charge in [-0.05, 0) is 144 Å². The summed E-state index contributed by atoms with van der Waals surface area (Å²) >= 11 is 0. The highest BCUT2D eigenvalue weighted by atomic mass is 16.6. The Morgan fingerprint density at radius 2 is 1.51 bits per heavy atom. The first-order valence-electron chi connectivity index (χ1n) is 46.8. The molecule has 4 aliphatic heterocycles. The van der Waals surface area contributed by atoms with E-state index in [-0.39, 0.29) is 98.6 Å². The lowest BCUT2D eigenvalue weighted by atomic mass is 9.79. The normalized spacial score (nSPS) is 25.8. The number of carbonyl (C=O) groups is 7. The van der Waals surface area contributed by atoms with E-state index in [0.717, 1.165) is 44.8 Å². The van der Waals surface area contributed by atoms with Gasteiger partial charge in [0.25, 0.3) is 17.7 Å². The Hall–Kier alpha value is -11.3. The number of aromatic nitrogens is 13. The molecule has 2 aromatic carbocycles. The number of methoxy groups -OCH3 is 3. The van der Waals surface area contributed by atoms with Crippen LogP contribution in [0.25, 0.3) is 55.8 Å². The predicted molar refractivity (Wildman–Crippen MR) is 497 cm³/mol. The highest BCUT2D eigenvalue weighted by Crippen LogP contribution is 2.42. The van der Waals surface area contributed by atoms with Crippen LogP contribution in [0.4, 0.5) is 17.8 Å². The van der Waals surface area contributed by atoms with Crippen molar-refractivity contribution in [1.29, 1.82) is 0 Å². The minimum Gasteiger partial charge on any atom is -0.459 e. The van der Waals surface area contributed by atoms with Crippen LogP contribution in [-0.2, 0) is 91.0 Å². The molecule has 15 atom stereocenters. The number of oxazole rings is 1. The first-order valence-corrected chi connectivity index (χ1v) is 46.8. The molecule has 3 amide bonds. The summed E-state index contributed by atoms with van der Waals surface area (Å²) in [4.78, 5) is 126. The number of aliphatic hydroxyl groups excluding tert-OH is 1. The molecule has 0 radical (unpaired) electrons. The van der Waals surface area contributed by atoms with Gasteiger partial charge in [0.1, 0.15) is 53.5 Å². The molecule has 13 rings (SSSR count). The number of allylic oxidation sites excluding steroid dienone is 6. The van der Waals surface area contributed by atoms with Crippen molar-refractivity contribution in [3.05, 3.63) is 127 Å². The van der Waals surface area contributed by atoms with E-state index in [1.807, 2.05) is 96.4 Å². The number of benzene rings is 2. The van der Waals surface area contributed by atoms with Gasteiger partial charge in [0.15, 0.2) is 17.0 Å². The van der Waals surface area contributed by atoms with Gasteiger partial charge < -0.3 is 89.7 Å². The number of carbonyl (C=O) groups excluding carboxylic acids is 7. The van der Waals surface area contributed by atoms with Gasteiger partial charge in [-0.15, -0.1) is 10.2 Å². The number of hydrogen-bond acceptors (Lipinski definition) is 32. The molecular weight excluding hydrogens is 1720 g/mol. The third kappa shape index (κ3) is 25.6. The van der Waals surface area contributed by atoms with Crippen LogP contribution in [0, 0.1) is 29.6 Å². The number of hydrogen-bond donors (Lipinski definition) is 6. The maximum Gasteiger partial charge on any atom is 0.329 e. The Morgan fingerprint density at radius 1 is 0.746 bits per heavy atom. The van der Waals surface area contributed by atoms with Crippen LogP contribution in [-0.4, -0.2) is 280 Å². The zero-order valence-corrected chi connectivity index (χ0v) is 78.2. The number of cyclic esters (lactones) is 1. The van der Waals surface area contributed by atoms with Gasteiger partial charge in [-0.3, -0.25) is 28.8 Å². The van der Waals surface area contributed by atoms with Crippen LogP contribution in [0.3, 0.4) is 0 Å². The first kappa shape index (κ1) is 100. The number of ketones is 3. The fourth-order valence-corrected chi connectivity index (χ4v) is 18.5. The molecule has 134 heavy (non-hydrogen) atoms. The summed E-state index contributed by atoms with van der Waals surface area (Å²) in [6.45, 7) is 16.4. The molecule has 38 heteroatoms. The highest BCUT2D eigenvalue weighted by molar-refractivity contribution is 6.39. The van der Waals surface area contributed by atoms with Gasteiger partial charge in [-0.2, -0.15) is 10.1 Å². The monoisotopic (exact) mass is 1850 g/mol. The summed E-state index contributed by atoms with van der Waals surface area (Å²) in [5, 5.41) is 50.0. The van der Waals surface area contributed by atoms with E-state index in [4.69, 9.17) is 74.6 Å². The number of Topliss-reactive ketones (excluding diaryl/α,β-unsaturated/α-hetero) is 3. The Bertz CT molecular complexity index is 5430. The molecule has 2 bridgehead atoms. The average Bonchev–Trinajstić information content (AvgIpc) is 1.41. The van der Waals surface area contributed by atoms with Crippen LogP contribution >= 0.6 is 0 Å². The van der Waals surface area contributed by atoms with E-state index in [9.17, 15) is 43.8 Å². The number of aliphatic hydroxyl groups is 2. The Labute approximate surface area is 779 Å². The predicted octanol–water partition coefficient (Wildman–Crippen LogP) is 8.49. The number of aryl methyl sites for hydroxylation is 2. The molecule has 8 aromatic rings. The van der Waals surface area contributed by atoms with E-state index >= 15 is 0 Å². The van der Waals surface area contributed by atoms with Gasteiger partial charge in [0.2, 0.25) is 23.5 Å². The van der Waals surface area contributed by atoms with Gasteiger partial charge in [-0.1, -0.05) is 92.8 Å². The van der Waals surface area contributed by atoms with Crippen molar-refractivity contribution in [1.82, 2.24) is 79.8 Å². The van der Waals surface area contributed by atoms with Crippen LogP contribution in [0.5, 0.6) is 0 Å². The molecule has 1 saturated carbocycles. The summed E-state index contributed by atoms with van der Waals surface area (Å²) in [6, 6.07) is 11.1. The number of amides is 3. The summed E-state index contributed by atoms with van der Waals surface area (Å²) in [5.41, 5.74) is 27.6. The van der Waals surface area contributed by atoms with Crippen molar-refractivity contribution in [2.75, 3.05) is 117 Å². The van der Waals surface area contributed by atoms with Crippen molar-refractivity contribution >= 4 is 81.0 Å². The molecule has 0 spiro atoms. The van der Waals surface area contributed by atoms with Crippen LogP contribution < -0.4 is 27.4 Å². The van der Waals surface area contributed by atoms with Gasteiger partial charge in [0.05, 0.1) is 93.5 Å². The molecule has 10 heterocycles. The number of ether oxygens (including phenoxy) is 8. The highest BCUT2D eigenvalue weighted by Gasteiger charge is 2.53. The number of nitrogen functional groups attached to an aromatic ring is 2. The van der Waals surface area contributed by atoms with Crippen LogP contribution in [0.1, 0.15) is 156 Å². The summed E-state index contributed by atoms with van der Waals surface area (Å²) in [7, 11) is 4.58. The number of piperidine rings is 1. The van der Waals surface area contributed by atoms with Gasteiger partial charge >= 0.3 is 5.97 Å². The third-order valence-corrected chi connectivity index (χ3v) is 26.4. The van der Waals surface area contributed by atoms with Crippen molar-refractivity contribution in [2.45, 2.75) is 224 Å². The fraction of sp³-hybridized carbons (Fsp3) is 0.573. The average molecular weight is 1850 g/mol. The topological polar surface area (TPSA) is 490 Å². The fourth-order valence-electron chi connectivity index (χ4n) is 18.5. The Balaban J connectivity index is 0.539. The van der Waals surface area contributed by atoms with E-state index in [2.05, 4.69) is 45.8 Å². The summed E-state index contributed by atoms with van der Waals surface area (Å²) in [6.07, 6.45) is 21.1. The van der Waals surface area contributed by atoms with E-state index in [0.29, 0.717) is 200 Å². The molecule has 6 aromatic heterocycles. The zero-order valence-electron chi connectivity index (χ0n) is 78.2. The zero-order chi connectivity index (χ0) is 95.1. The first-order chi connectivity index (χ1) is 64.7. The number of nitrogens with one attached hydrogen (secondary N) is 1. The number of fused-ring (bicyclic) bond motifs is 5. The number of esters is 1. The molecule has 722 valence electrons. The lowest BCUT2D eigenvalue weighted by Gasteiger charge is -2.42. The number of piperazine rings is 1. The number of anilines is 3. The van der Waals surface area contributed by atoms with Crippen LogP contribution in [0.15, 0.2) is 126 Å². The van der Waals surface area contributed by atoms with Gasteiger partial charge in [0, 0.05) is 158 Å². The maximum absolute atomic E-state index is 14.9. The molecule has 3 saturated heterocycles. The molecule has 0 unspecified atom stereocenters. The van der Waals surface area contributed by atoms with Crippen molar-refractivity contribution in [3.63, 3.8) is 0 Å². The molecular formula is C96H130N20O18. The number of unbranched alkanes of at least 4 members (excludes halogenated alkanes) is 1. The minimum absolute atomic E-state index is 0.0155. The lowest BCUT2D eigenvalue weighted by Crippen LogP contribution is -2.61. The number of rotatable bonds is 31. The van der Waals surface area contributed by atoms with E-state index < -0.39 is 83.8 Å². The van der Waals surface area contributed by atoms with Crippen molar-refractivity contribution in [2.24, 2.45) is 35.3 Å². The molecule has 4 fully saturated rings. The molecule has 38 nitrogen and oxygen atoms in total. The Kier molecular flexibility index (Phi) is 35.7. The second-order valence-corrected chi connectivity index (χ2v) is 35.9. The number of nitrogens with zero attached hydrogens (tertiary/aromatic N) is 16. The van der Waals surface area contributed by atoms with Crippen LogP contribution in [0.2, 0.25) is 0 Å².